The minimum Gasteiger partial charge on any atom is -0.507 e. The van der Waals surface area contributed by atoms with Gasteiger partial charge < -0.3 is 14.6 Å². The molecule has 5 nitrogen and oxygen atoms in total. The molecule has 1 aromatic carbocycles. The molecule has 0 unspecified atom stereocenters. The van der Waals surface area contributed by atoms with Crippen molar-refractivity contribution in [2.75, 3.05) is 13.7 Å². The second kappa shape index (κ2) is 9.79. The Bertz CT molecular complexity index is 794. The number of esters is 1. The lowest BCUT2D eigenvalue weighted by molar-refractivity contribution is -0.139. The fourth-order valence-corrected chi connectivity index (χ4v) is 4.35. The van der Waals surface area contributed by atoms with Crippen LogP contribution in [0.15, 0.2) is 59.9 Å². The third kappa shape index (κ3) is 4.56. The quantitative estimate of drug-likeness (QED) is 0.509. The number of allylic oxidation sites excluding steroid dienone is 1. The van der Waals surface area contributed by atoms with Gasteiger partial charge in [0.05, 0.1) is 12.7 Å². The van der Waals surface area contributed by atoms with Crippen molar-refractivity contribution < 1.29 is 19.4 Å². The first-order valence-electron chi connectivity index (χ1n) is 10.4. The summed E-state index contributed by atoms with van der Waals surface area (Å²) in [6, 6.07) is 7.96. The first kappa shape index (κ1) is 21.2. The highest BCUT2D eigenvalue weighted by molar-refractivity contribution is 5.92. The van der Waals surface area contributed by atoms with Gasteiger partial charge >= 0.3 is 5.97 Å². The van der Waals surface area contributed by atoms with Gasteiger partial charge in [-0.05, 0) is 43.4 Å². The van der Waals surface area contributed by atoms with Crippen LogP contribution in [0.1, 0.15) is 44.6 Å². The van der Waals surface area contributed by atoms with E-state index < -0.39 is 5.97 Å². The number of carbonyl (C=O) groups is 1. The minimum atomic E-state index is -0.453. The third-order valence-corrected chi connectivity index (χ3v) is 5.71. The van der Waals surface area contributed by atoms with E-state index >= 15 is 0 Å². The van der Waals surface area contributed by atoms with Crippen LogP contribution in [0.5, 0.6) is 5.75 Å². The van der Waals surface area contributed by atoms with E-state index in [1.165, 1.54) is 0 Å². The maximum atomic E-state index is 12.9. The van der Waals surface area contributed by atoms with Crippen molar-refractivity contribution in [2.45, 2.75) is 57.7 Å². The predicted molar refractivity (Wildman–Crippen MR) is 114 cm³/mol. The molecule has 156 valence electrons. The molecule has 1 heterocycles. The van der Waals surface area contributed by atoms with E-state index in [9.17, 15) is 9.90 Å². The van der Waals surface area contributed by atoms with Crippen LogP contribution in [0.2, 0.25) is 0 Å². The van der Waals surface area contributed by atoms with Crippen molar-refractivity contribution in [1.82, 2.24) is 4.90 Å². The summed E-state index contributed by atoms with van der Waals surface area (Å²) in [6.45, 7) is 6.54. The lowest BCUT2D eigenvalue weighted by Crippen LogP contribution is -2.51. The van der Waals surface area contributed by atoms with E-state index in [1.807, 2.05) is 12.1 Å². The first-order valence-corrected chi connectivity index (χ1v) is 10.4. The third-order valence-electron chi connectivity index (χ3n) is 5.71. The van der Waals surface area contributed by atoms with Crippen LogP contribution in [0.4, 0.5) is 0 Å². The SMILES string of the molecule is C=CCOC(=O)C1=C(O)C2=CCCC[C@@H]2N(Cc2ccc(OC)cc2)[C@H]1CCC. The van der Waals surface area contributed by atoms with Gasteiger partial charge in [-0.3, -0.25) is 4.90 Å². The number of carbonyl (C=O) groups excluding carboxylic acids is 1. The molecule has 0 spiro atoms. The fraction of sp³-hybridized carbons (Fsp3) is 0.458. The Labute approximate surface area is 173 Å². The molecule has 2 aliphatic rings. The molecule has 3 rings (SSSR count). The smallest absolute Gasteiger partial charge is 0.339 e. The number of fused-ring (bicyclic) bond motifs is 1. The summed E-state index contributed by atoms with van der Waals surface area (Å²) in [6.07, 6.45) is 8.28. The Morgan fingerprint density at radius 2 is 2.10 bits per heavy atom. The molecule has 0 saturated heterocycles. The Morgan fingerprint density at radius 1 is 1.34 bits per heavy atom. The Hall–Kier alpha value is -2.53. The molecule has 0 radical (unpaired) electrons. The average molecular weight is 398 g/mol. The maximum Gasteiger partial charge on any atom is 0.339 e. The summed E-state index contributed by atoms with van der Waals surface area (Å²) in [5, 5.41) is 11.0. The number of methoxy groups -OCH3 is 1. The summed E-state index contributed by atoms with van der Waals surface area (Å²) in [5.74, 6) is 0.487. The molecular formula is C24H31NO4. The van der Waals surface area contributed by atoms with E-state index in [1.54, 1.807) is 13.2 Å². The van der Waals surface area contributed by atoms with Crippen molar-refractivity contribution in [3.05, 3.63) is 65.5 Å². The average Bonchev–Trinajstić information content (AvgIpc) is 2.75. The van der Waals surface area contributed by atoms with Gasteiger partial charge in [-0.15, -0.1) is 0 Å². The van der Waals surface area contributed by atoms with Crippen molar-refractivity contribution in [3.8, 4) is 5.75 Å². The standard InChI is InChI=1S/C24H31NO4/c1-4-8-21-22(24(27)29-15-5-2)23(26)19-9-6-7-10-20(19)25(21)16-17-11-13-18(28-3)14-12-17/h5,9,11-14,20-21,26H,2,4,6-8,10,15-16H2,1,3H3/t20-,21-/m0/s1. The van der Waals surface area contributed by atoms with E-state index in [0.29, 0.717) is 12.1 Å². The van der Waals surface area contributed by atoms with Gasteiger partial charge in [-0.25, -0.2) is 4.79 Å². The highest BCUT2D eigenvalue weighted by Crippen LogP contribution is 2.40. The van der Waals surface area contributed by atoms with Crippen LogP contribution in [0.25, 0.3) is 0 Å². The number of nitrogens with zero attached hydrogens (tertiary/aromatic N) is 1. The van der Waals surface area contributed by atoms with Gasteiger partial charge in [0.2, 0.25) is 0 Å². The zero-order valence-electron chi connectivity index (χ0n) is 17.4. The number of rotatable bonds is 8. The highest BCUT2D eigenvalue weighted by atomic mass is 16.5. The van der Waals surface area contributed by atoms with Crippen molar-refractivity contribution in [3.63, 3.8) is 0 Å². The lowest BCUT2D eigenvalue weighted by Gasteiger charge is -2.45. The van der Waals surface area contributed by atoms with Gasteiger partial charge in [-0.2, -0.15) is 0 Å². The number of hydrogen-bond donors (Lipinski definition) is 1. The number of hydrogen-bond acceptors (Lipinski definition) is 5. The van der Waals surface area contributed by atoms with Gasteiger partial charge in [0.15, 0.2) is 0 Å². The van der Waals surface area contributed by atoms with E-state index in [2.05, 4.69) is 36.6 Å². The summed E-state index contributed by atoms with van der Waals surface area (Å²) in [5.41, 5.74) is 2.39. The summed E-state index contributed by atoms with van der Waals surface area (Å²) in [7, 11) is 1.66. The minimum absolute atomic E-state index is 0.110. The zero-order chi connectivity index (χ0) is 20.8. The van der Waals surface area contributed by atoms with Gasteiger partial charge in [0.25, 0.3) is 0 Å². The topological polar surface area (TPSA) is 59.0 Å². The van der Waals surface area contributed by atoms with Gasteiger partial charge in [0, 0.05) is 24.2 Å². The Kier molecular flexibility index (Phi) is 7.15. The molecule has 29 heavy (non-hydrogen) atoms. The summed E-state index contributed by atoms with van der Waals surface area (Å²) in [4.78, 5) is 15.2. The molecule has 1 N–H and O–H groups in total. The largest absolute Gasteiger partial charge is 0.507 e. The number of aliphatic hydroxyl groups is 1. The number of aliphatic hydroxyl groups excluding tert-OH is 1. The monoisotopic (exact) mass is 397 g/mol. The molecule has 1 aliphatic carbocycles. The summed E-state index contributed by atoms with van der Waals surface area (Å²) >= 11 is 0. The van der Waals surface area contributed by atoms with Gasteiger partial charge in [0.1, 0.15) is 18.1 Å². The first-order chi connectivity index (χ1) is 14.1. The summed E-state index contributed by atoms with van der Waals surface area (Å²) < 4.78 is 10.6. The molecular weight excluding hydrogens is 366 g/mol. The Morgan fingerprint density at radius 3 is 2.76 bits per heavy atom. The molecule has 1 aliphatic heterocycles. The molecule has 0 amide bonds. The zero-order valence-corrected chi connectivity index (χ0v) is 17.4. The van der Waals surface area contributed by atoms with Crippen LogP contribution >= 0.6 is 0 Å². The Balaban J connectivity index is 1.99. The number of benzene rings is 1. The fourth-order valence-electron chi connectivity index (χ4n) is 4.35. The molecule has 0 fully saturated rings. The van der Waals surface area contributed by atoms with Crippen molar-refractivity contribution >= 4 is 5.97 Å². The number of ether oxygens (including phenoxy) is 2. The normalized spacial score (nSPS) is 21.9. The van der Waals surface area contributed by atoms with E-state index in [-0.39, 0.29) is 24.4 Å². The van der Waals surface area contributed by atoms with Crippen molar-refractivity contribution in [2.24, 2.45) is 0 Å². The molecule has 0 aromatic heterocycles. The highest BCUT2D eigenvalue weighted by Gasteiger charge is 2.42. The van der Waals surface area contributed by atoms with Crippen LogP contribution < -0.4 is 4.74 Å². The molecule has 1 aromatic rings. The maximum absolute atomic E-state index is 12.9. The molecule has 0 bridgehead atoms. The van der Waals surface area contributed by atoms with E-state index in [0.717, 1.165) is 49.0 Å². The molecule has 5 heteroatoms. The van der Waals surface area contributed by atoms with Crippen LogP contribution in [0.3, 0.4) is 0 Å². The van der Waals surface area contributed by atoms with Crippen LogP contribution in [0, 0.1) is 0 Å². The molecule has 0 saturated carbocycles. The van der Waals surface area contributed by atoms with Crippen LogP contribution in [-0.2, 0) is 16.1 Å². The van der Waals surface area contributed by atoms with E-state index in [4.69, 9.17) is 9.47 Å². The van der Waals surface area contributed by atoms with Crippen molar-refractivity contribution in [1.29, 1.82) is 0 Å². The van der Waals surface area contributed by atoms with Crippen LogP contribution in [-0.4, -0.2) is 41.8 Å². The lowest BCUT2D eigenvalue weighted by atomic mass is 9.81. The molecule has 2 atom stereocenters. The van der Waals surface area contributed by atoms with Gasteiger partial charge in [-0.1, -0.05) is 44.2 Å². The predicted octanol–water partition coefficient (Wildman–Crippen LogP) is 4.70. The second-order valence-corrected chi connectivity index (χ2v) is 7.58. The second-order valence-electron chi connectivity index (χ2n) is 7.58.